The SMILES string of the molecule is CCCC(=O)O.[Li]. The van der Waals surface area contributed by atoms with Crippen LogP contribution in [0, 0.1) is 0 Å². The van der Waals surface area contributed by atoms with E-state index in [1.807, 2.05) is 6.92 Å². The second-order valence-corrected chi connectivity index (χ2v) is 1.14. The fourth-order valence-electron chi connectivity index (χ4n) is 0.214. The number of hydrogen-bond donors (Lipinski definition) is 1. The molecule has 0 spiro atoms. The van der Waals surface area contributed by atoms with Crippen LogP contribution in [0.15, 0.2) is 0 Å². The molecular weight excluding hydrogens is 87.0 g/mol. The summed E-state index contributed by atoms with van der Waals surface area (Å²) in [5.41, 5.74) is 0. The summed E-state index contributed by atoms with van der Waals surface area (Å²) in [5.74, 6) is -0.711. The smallest absolute Gasteiger partial charge is 0.303 e. The Balaban J connectivity index is 0. The molecular formula is C4H8LiO2. The quantitative estimate of drug-likeness (QED) is 0.507. The van der Waals surface area contributed by atoms with Crippen LogP contribution in [0.4, 0.5) is 0 Å². The fraction of sp³-hybridized carbons (Fsp3) is 0.750. The molecule has 0 amide bonds. The van der Waals surface area contributed by atoms with E-state index in [4.69, 9.17) is 5.11 Å². The van der Waals surface area contributed by atoms with Crippen molar-refractivity contribution < 1.29 is 9.90 Å². The van der Waals surface area contributed by atoms with Crippen LogP contribution in [0.2, 0.25) is 0 Å². The van der Waals surface area contributed by atoms with Crippen molar-refractivity contribution in [1.29, 1.82) is 0 Å². The number of hydrogen-bond acceptors (Lipinski definition) is 1. The summed E-state index contributed by atoms with van der Waals surface area (Å²) < 4.78 is 0. The molecule has 0 unspecified atom stereocenters. The minimum absolute atomic E-state index is 0. The van der Waals surface area contributed by atoms with Gasteiger partial charge in [-0.25, -0.2) is 0 Å². The number of aliphatic carboxylic acids is 1. The topological polar surface area (TPSA) is 37.3 Å². The summed E-state index contributed by atoms with van der Waals surface area (Å²) in [6.07, 6.45) is 1.02. The minimum Gasteiger partial charge on any atom is -0.481 e. The van der Waals surface area contributed by atoms with Gasteiger partial charge in [0, 0.05) is 25.3 Å². The van der Waals surface area contributed by atoms with Crippen LogP contribution in [0.25, 0.3) is 0 Å². The molecule has 1 N–H and O–H groups in total. The Hall–Kier alpha value is 0.0674. The molecule has 1 radical (unpaired) electrons. The van der Waals surface area contributed by atoms with Gasteiger partial charge in [-0.15, -0.1) is 0 Å². The summed E-state index contributed by atoms with van der Waals surface area (Å²) in [4.78, 5) is 9.60. The number of rotatable bonds is 2. The zero-order valence-electron chi connectivity index (χ0n) is 4.77. The van der Waals surface area contributed by atoms with Gasteiger partial charge in [-0.05, 0) is 6.42 Å². The van der Waals surface area contributed by atoms with Crippen molar-refractivity contribution in [3.63, 3.8) is 0 Å². The van der Waals surface area contributed by atoms with Crippen molar-refractivity contribution in [2.45, 2.75) is 19.8 Å². The van der Waals surface area contributed by atoms with Crippen LogP contribution in [0.5, 0.6) is 0 Å². The summed E-state index contributed by atoms with van der Waals surface area (Å²) in [7, 11) is 0. The van der Waals surface area contributed by atoms with E-state index in [-0.39, 0.29) is 18.9 Å². The van der Waals surface area contributed by atoms with Gasteiger partial charge in [-0.2, -0.15) is 0 Å². The van der Waals surface area contributed by atoms with E-state index in [0.717, 1.165) is 6.42 Å². The Labute approximate surface area is 55.1 Å². The van der Waals surface area contributed by atoms with Crippen molar-refractivity contribution in [2.75, 3.05) is 0 Å². The molecule has 0 fully saturated rings. The molecule has 0 aliphatic heterocycles. The summed E-state index contributed by atoms with van der Waals surface area (Å²) in [6.45, 7) is 1.84. The van der Waals surface area contributed by atoms with Gasteiger partial charge < -0.3 is 5.11 Å². The Morgan fingerprint density at radius 1 is 1.71 bits per heavy atom. The molecule has 0 bridgehead atoms. The molecule has 0 aromatic rings. The van der Waals surface area contributed by atoms with E-state index in [1.165, 1.54) is 0 Å². The Bertz CT molecular complexity index is 53.7. The second-order valence-electron chi connectivity index (χ2n) is 1.14. The fourth-order valence-corrected chi connectivity index (χ4v) is 0.214. The Morgan fingerprint density at radius 3 is 2.14 bits per heavy atom. The predicted molar refractivity (Wildman–Crippen MR) is 28.3 cm³/mol. The van der Waals surface area contributed by atoms with E-state index in [9.17, 15) is 4.79 Å². The molecule has 0 atom stereocenters. The molecule has 0 aliphatic rings. The van der Waals surface area contributed by atoms with E-state index < -0.39 is 5.97 Å². The van der Waals surface area contributed by atoms with Gasteiger partial charge in [0.15, 0.2) is 0 Å². The average molecular weight is 95.0 g/mol. The number of carbonyl (C=O) groups is 1. The van der Waals surface area contributed by atoms with Crippen LogP contribution >= 0.6 is 0 Å². The molecule has 7 heavy (non-hydrogen) atoms. The van der Waals surface area contributed by atoms with Gasteiger partial charge in [-0.1, -0.05) is 6.92 Å². The van der Waals surface area contributed by atoms with E-state index >= 15 is 0 Å². The predicted octanol–water partition coefficient (Wildman–Crippen LogP) is 0.490. The van der Waals surface area contributed by atoms with Crippen LogP contribution in [0.1, 0.15) is 19.8 Å². The maximum atomic E-state index is 9.60. The zero-order valence-corrected chi connectivity index (χ0v) is 4.77. The van der Waals surface area contributed by atoms with Gasteiger partial charge in [0.2, 0.25) is 0 Å². The van der Waals surface area contributed by atoms with Crippen LogP contribution in [-0.2, 0) is 4.79 Å². The van der Waals surface area contributed by atoms with E-state index in [0.29, 0.717) is 6.42 Å². The van der Waals surface area contributed by atoms with Crippen LogP contribution in [0.3, 0.4) is 0 Å². The normalized spacial score (nSPS) is 7.00. The van der Waals surface area contributed by atoms with Crippen molar-refractivity contribution in [2.24, 2.45) is 0 Å². The molecule has 0 rings (SSSR count). The first-order chi connectivity index (χ1) is 2.77. The first kappa shape index (κ1) is 10.1. The van der Waals surface area contributed by atoms with Gasteiger partial charge in [0.25, 0.3) is 0 Å². The molecule has 0 saturated carbocycles. The number of carboxylic acid groups (broad SMARTS) is 1. The average Bonchev–Trinajstić information content (AvgIpc) is 1.35. The van der Waals surface area contributed by atoms with E-state index in [1.54, 1.807) is 0 Å². The van der Waals surface area contributed by atoms with Gasteiger partial charge in [-0.3, -0.25) is 4.79 Å². The summed E-state index contributed by atoms with van der Waals surface area (Å²) >= 11 is 0. The van der Waals surface area contributed by atoms with Crippen molar-refractivity contribution in [3.8, 4) is 0 Å². The molecule has 0 heterocycles. The third-order valence-corrected chi connectivity index (χ3v) is 0.464. The van der Waals surface area contributed by atoms with Crippen LogP contribution < -0.4 is 0 Å². The molecule has 0 aromatic heterocycles. The van der Waals surface area contributed by atoms with Crippen molar-refractivity contribution in [3.05, 3.63) is 0 Å². The van der Waals surface area contributed by atoms with Gasteiger partial charge >= 0.3 is 5.97 Å². The Kier molecular flexibility index (Phi) is 8.78. The first-order valence-electron chi connectivity index (χ1n) is 1.99. The second kappa shape index (κ2) is 6.07. The van der Waals surface area contributed by atoms with Gasteiger partial charge in [0.1, 0.15) is 0 Å². The molecule has 0 aliphatic carbocycles. The maximum absolute atomic E-state index is 9.60. The monoisotopic (exact) mass is 95.1 g/mol. The maximum Gasteiger partial charge on any atom is 0.303 e. The first-order valence-corrected chi connectivity index (χ1v) is 1.99. The summed E-state index contributed by atoms with van der Waals surface area (Å²) in [6, 6.07) is 0. The number of carboxylic acids is 1. The zero-order chi connectivity index (χ0) is 4.99. The largest absolute Gasteiger partial charge is 0.481 e. The molecule has 0 aromatic carbocycles. The van der Waals surface area contributed by atoms with E-state index in [2.05, 4.69) is 0 Å². The minimum atomic E-state index is -0.711. The Morgan fingerprint density at radius 2 is 2.14 bits per heavy atom. The third kappa shape index (κ3) is 10.7. The van der Waals surface area contributed by atoms with Crippen molar-refractivity contribution >= 4 is 24.8 Å². The molecule has 0 saturated heterocycles. The third-order valence-electron chi connectivity index (χ3n) is 0.464. The molecule has 37 valence electrons. The van der Waals surface area contributed by atoms with Crippen LogP contribution in [-0.4, -0.2) is 29.9 Å². The van der Waals surface area contributed by atoms with Gasteiger partial charge in [0.05, 0.1) is 0 Å². The molecule has 3 heteroatoms. The summed E-state index contributed by atoms with van der Waals surface area (Å²) in [5, 5.41) is 7.91. The van der Waals surface area contributed by atoms with Crippen molar-refractivity contribution in [1.82, 2.24) is 0 Å². The standard InChI is InChI=1S/C4H8O2.Li/c1-2-3-4(5)6;/h2-3H2,1H3,(H,5,6);. The molecule has 2 nitrogen and oxygen atoms in total.